The van der Waals surface area contributed by atoms with Crippen molar-refractivity contribution < 1.29 is 14.3 Å². The molecule has 1 fully saturated rings. The molecule has 0 amide bonds. The lowest BCUT2D eigenvalue weighted by molar-refractivity contribution is -0.168. The van der Waals surface area contributed by atoms with Crippen LogP contribution in [0.2, 0.25) is 0 Å². The fourth-order valence-corrected chi connectivity index (χ4v) is 2.39. The van der Waals surface area contributed by atoms with Gasteiger partial charge in [-0.1, -0.05) is 30.3 Å². The highest BCUT2D eigenvalue weighted by atomic mass is 16.6. The summed E-state index contributed by atoms with van der Waals surface area (Å²) in [6.45, 7) is 8.60. The van der Waals surface area contributed by atoms with E-state index in [-0.39, 0.29) is 5.97 Å². The molecule has 4 heteroatoms. The molecular weight excluding hydrogens is 266 g/mol. The maximum Gasteiger partial charge on any atom is 0.337 e. The van der Waals surface area contributed by atoms with E-state index in [0.29, 0.717) is 13.2 Å². The molecule has 1 unspecified atom stereocenters. The molecule has 0 aliphatic carbocycles. The van der Waals surface area contributed by atoms with Gasteiger partial charge in [0.25, 0.3) is 0 Å². The lowest BCUT2D eigenvalue weighted by Gasteiger charge is -2.26. The van der Waals surface area contributed by atoms with Crippen molar-refractivity contribution in [2.75, 3.05) is 19.7 Å². The molecule has 4 nitrogen and oxygen atoms in total. The normalized spacial score (nSPS) is 20.8. The van der Waals surface area contributed by atoms with Crippen LogP contribution < -0.4 is 0 Å². The molecular formula is C17H25NO3. The van der Waals surface area contributed by atoms with Crippen molar-refractivity contribution in [3.05, 3.63) is 35.9 Å². The Balaban J connectivity index is 1.96. The van der Waals surface area contributed by atoms with Crippen LogP contribution in [0.5, 0.6) is 0 Å². The number of esters is 1. The average Bonchev–Trinajstić information content (AvgIpc) is 2.64. The predicted octanol–water partition coefficient (Wildman–Crippen LogP) is 2.62. The minimum Gasteiger partial charge on any atom is -0.458 e. The summed E-state index contributed by atoms with van der Waals surface area (Å²) in [5.74, 6) is -0.262. The SMILES string of the molecule is CC(C)(C)OC(=O)C1CN(Cc2ccccc2)CCCO1. The van der Waals surface area contributed by atoms with E-state index in [1.807, 2.05) is 39.0 Å². The van der Waals surface area contributed by atoms with Gasteiger partial charge in [0.1, 0.15) is 5.60 Å². The van der Waals surface area contributed by atoms with E-state index in [9.17, 15) is 4.79 Å². The lowest BCUT2D eigenvalue weighted by Crippen LogP contribution is -2.40. The largest absolute Gasteiger partial charge is 0.458 e. The summed E-state index contributed by atoms with van der Waals surface area (Å²) in [7, 11) is 0. The number of carbonyl (C=O) groups excluding carboxylic acids is 1. The van der Waals surface area contributed by atoms with Crippen LogP contribution in [0.4, 0.5) is 0 Å². The third-order valence-electron chi connectivity index (χ3n) is 3.28. The Kier molecular flexibility index (Phi) is 5.37. The van der Waals surface area contributed by atoms with E-state index in [0.717, 1.165) is 19.5 Å². The van der Waals surface area contributed by atoms with Crippen LogP contribution in [-0.2, 0) is 20.8 Å². The van der Waals surface area contributed by atoms with Crippen LogP contribution in [0.25, 0.3) is 0 Å². The summed E-state index contributed by atoms with van der Waals surface area (Å²) in [5.41, 5.74) is 0.777. The van der Waals surface area contributed by atoms with Crippen molar-refractivity contribution in [1.82, 2.24) is 4.90 Å². The average molecular weight is 291 g/mol. The van der Waals surface area contributed by atoms with Gasteiger partial charge in [0, 0.05) is 26.2 Å². The molecule has 0 saturated carbocycles. The number of carbonyl (C=O) groups is 1. The molecule has 21 heavy (non-hydrogen) atoms. The number of hydrogen-bond donors (Lipinski definition) is 0. The van der Waals surface area contributed by atoms with Crippen LogP contribution in [-0.4, -0.2) is 42.3 Å². The number of rotatable bonds is 3. The molecule has 116 valence electrons. The van der Waals surface area contributed by atoms with Crippen LogP contribution in [0.3, 0.4) is 0 Å². The maximum absolute atomic E-state index is 12.2. The monoisotopic (exact) mass is 291 g/mol. The molecule has 2 rings (SSSR count). The Morgan fingerprint density at radius 1 is 1.33 bits per heavy atom. The van der Waals surface area contributed by atoms with Crippen molar-refractivity contribution in [3.63, 3.8) is 0 Å². The Hall–Kier alpha value is -1.39. The number of nitrogens with zero attached hydrogens (tertiary/aromatic N) is 1. The Labute approximate surface area is 127 Å². The van der Waals surface area contributed by atoms with Gasteiger partial charge in [0.15, 0.2) is 6.10 Å². The standard InChI is InChI=1S/C17H25NO3/c1-17(2,3)21-16(19)15-13-18(10-7-11-20-15)12-14-8-5-4-6-9-14/h4-6,8-9,15H,7,10-13H2,1-3H3. The topological polar surface area (TPSA) is 38.8 Å². The predicted molar refractivity (Wildman–Crippen MR) is 81.9 cm³/mol. The molecule has 1 heterocycles. The van der Waals surface area contributed by atoms with E-state index < -0.39 is 11.7 Å². The summed E-state index contributed by atoms with van der Waals surface area (Å²) in [4.78, 5) is 14.5. The molecule has 0 N–H and O–H groups in total. The second-order valence-corrected chi connectivity index (χ2v) is 6.47. The summed E-state index contributed by atoms with van der Waals surface area (Å²) >= 11 is 0. The highest BCUT2D eigenvalue weighted by Crippen LogP contribution is 2.15. The first-order valence-electron chi connectivity index (χ1n) is 7.55. The molecule has 1 aliphatic rings. The highest BCUT2D eigenvalue weighted by molar-refractivity contribution is 5.75. The summed E-state index contributed by atoms with van der Waals surface area (Å²) in [6, 6.07) is 10.3. The second-order valence-electron chi connectivity index (χ2n) is 6.47. The number of ether oxygens (including phenoxy) is 2. The van der Waals surface area contributed by atoms with Crippen LogP contribution in [0, 0.1) is 0 Å². The smallest absolute Gasteiger partial charge is 0.337 e. The van der Waals surface area contributed by atoms with E-state index >= 15 is 0 Å². The van der Waals surface area contributed by atoms with Gasteiger partial charge in [-0.2, -0.15) is 0 Å². The lowest BCUT2D eigenvalue weighted by atomic mass is 10.2. The third kappa shape index (κ3) is 5.48. The van der Waals surface area contributed by atoms with Gasteiger partial charge in [0.2, 0.25) is 0 Å². The Morgan fingerprint density at radius 2 is 2.05 bits per heavy atom. The molecule has 1 saturated heterocycles. The van der Waals surface area contributed by atoms with E-state index in [1.54, 1.807) is 0 Å². The van der Waals surface area contributed by atoms with Crippen molar-refractivity contribution >= 4 is 5.97 Å². The van der Waals surface area contributed by atoms with Crippen LogP contribution in [0.15, 0.2) is 30.3 Å². The Morgan fingerprint density at radius 3 is 2.71 bits per heavy atom. The maximum atomic E-state index is 12.2. The zero-order valence-electron chi connectivity index (χ0n) is 13.2. The van der Waals surface area contributed by atoms with Gasteiger partial charge in [-0.3, -0.25) is 4.90 Å². The van der Waals surface area contributed by atoms with Crippen LogP contribution >= 0.6 is 0 Å². The molecule has 0 bridgehead atoms. The molecule has 0 aromatic heterocycles. The first-order chi connectivity index (χ1) is 9.94. The Bertz CT molecular complexity index is 453. The number of hydrogen-bond acceptors (Lipinski definition) is 4. The van der Waals surface area contributed by atoms with E-state index in [2.05, 4.69) is 17.0 Å². The molecule has 1 aromatic carbocycles. The van der Waals surface area contributed by atoms with Crippen molar-refractivity contribution in [2.45, 2.75) is 45.4 Å². The van der Waals surface area contributed by atoms with Crippen LogP contribution in [0.1, 0.15) is 32.8 Å². The van der Waals surface area contributed by atoms with Gasteiger partial charge in [-0.05, 0) is 32.8 Å². The highest BCUT2D eigenvalue weighted by Gasteiger charge is 2.29. The van der Waals surface area contributed by atoms with Gasteiger partial charge >= 0.3 is 5.97 Å². The molecule has 1 aliphatic heterocycles. The van der Waals surface area contributed by atoms with E-state index in [4.69, 9.17) is 9.47 Å². The fraction of sp³-hybridized carbons (Fsp3) is 0.588. The summed E-state index contributed by atoms with van der Waals surface area (Å²) in [6.07, 6.45) is 0.446. The quantitative estimate of drug-likeness (QED) is 0.803. The summed E-state index contributed by atoms with van der Waals surface area (Å²) in [5, 5.41) is 0. The minimum atomic E-state index is -0.490. The van der Waals surface area contributed by atoms with Crippen molar-refractivity contribution in [3.8, 4) is 0 Å². The van der Waals surface area contributed by atoms with Gasteiger partial charge in [-0.15, -0.1) is 0 Å². The van der Waals surface area contributed by atoms with Gasteiger partial charge in [0.05, 0.1) is 0 Å². The third-order valence-corrected chi connectivity index (χ3v) is 3.28. The van der Waals surface area contributed by atoms with E-state index in [1.165, 1.54) is 5.56 Å². The number of benzene rings is 1. The first-order valence-corrected chi connectivity index (χ1v) is 7.55. The fourth-order valence-electron chi connectivity index (χ4n) is 2.39. The van der Waals surface area contributed by atoms with Gasteiger partial charge in [-0.25, -0.2) is 4.79 Å². The van der Waals surface area contributed by atoms with Crippen molar-refractivity contribution in [2.24, 2.45) is 0 Å². The second kappa shape index (κ2) is 7.05. The molecule has 1 aromatic rings. The molecule has 1 atom stereocenters. The zero-order chi connectivity index (χ0) is 15.3. The summed E-state index contributed by atoms with van der Waals surface area (Å²) < 4.78 is 11.1. The molecule has 0 spiro atoms. The van der Waals surface area contributed by atoms with Gasteiger partial charge < -0.3 is 9.47 Å². The zero-order valence-corrected chi connectivity index (χ0v) is 13.2. The van der Waals surface area contributed by atoms with Crippen molar-refractivity contribution in [1.29, 1.82) is 0 Å². The first kappa shape index (κ1) is 16.0. The molecule has 0 radical (unpaired) electrons. The minimum absolute atomic E-state index is 0.262.